The van der Waals surface area contributed by atoms with E-state index in [2.05, 4.69) is 6.92 Å². The zero-order valence-electron chi connectivity index (χ0n) is 21.5. The van der Waals surface area contributed by atoms with E-state index in [-0.39, 0.29) is 17.6 Å². The molecule has 6 nitrogen and oxygen atoms in total. The first-order valence-corrected chi connectivity index (χ1v) is 12.2. The second-order valence-corrected chi connectivity index (χ2v) is 8.93. The lowest BCUT2D eigenvalue weighted by Gasteiger charge is -2.33. The number of carbonyl (C=O) groups is 2. The second kappa shape index (κ2) is 10.4. The van der Waals surface area contributed by atoms with Crippen molar-refractivity contribution in [3.05, 3.63) is 99.3 Å². The van der Waals surface area contributed by atoms with Crippen LogP contribution >= 0.6 is 0 Å². The minimum absolute atomic E-state index is 0.108. The average Bonchev–Trinajstić information content (AvgIpc) is 3.27. The third-order valence-electron chi connectivity index (χ3n) is 6.82. The summed E-state index contributed by atoms with van der Waals surface area (Å²) in [5.74, 6) is 0.0300. The molecule has 1 unspecified atom stereocenters. The van der Waals surface area contributed by atoms with Gasteiger partial charge >= 0.3 is 11.9 Å². The maximum absolute atomic E-state index is 13.6. The summed E-state index contributed by atoms with van der Waals surface area (Å²) >= 11 is 0. The van der Waals surface area contributed by atoms with Crippen LogP contribution in [-0.2, 0) is 34.1 Å². The van der Waals surface area contributed by atoms with E-state index in [9.17, 15) is 9.59 Å². The fourth-order valence-electron chi connectivity index (χ4n) is 5.24. The molecule has 2 aliphatic rings. The predicted molar refractivity (Wildman–Crippen MR) is 137 cm³/mol. The first kappa shape index (κ1) is 25.3. The molecule has 0 N–H and O–H groups in total. The molecule has 0 spiro atoms. The Bertz CT molecular complexity index is 1270. The second-order valence-electron chi connectivity index (χ2n) is 8.93. The van der Waals surface area contributed by atoms with Crippen LogP contribution in [0.15, 0.2) is 82.6 Å². The molecule has 0 aliphatic carbocycles. The third kappa shape index (κ3) is 4.00. The Kier molecular flexibility index (Phi) is 7.34. The predicted octanol–water partition coefficient (Wildman–Crippen LogP) is 5.83. The molecule has 2 aliphatic heterocycles. The molecule has 36 heavy (non-hydrogen) atoms. The Morgan fingerprint density at radius 3 is 2.25 bits per heavy atom. The van der Waals surface area contributed by atoms with Crippen molar-refractivity contribution in [3.8, 4) is 0 Å². The molecular formula is C30H32O6. The Labute approximate surface area is 212 Å². The van der Waals surface area contributed by atoms with Crippen LogP contribution in [0, 0.1) is 0 Å². The number of ether oxygens (including phenoxy) is 4. The normalized spacial score (nSPS) is 25.1. The average molecular weight is 489 g/mol. The Balaban J connectivity index is 2.24. The first-order chi connectivity index (χ1) is 17.4. The van der Waals surface area contributed by atoms with E-state index in [1.54, 1.807) is 7.11 Å². The van der Waals surface area contributed by atoms with Crippen LogP contribution in [0.3, 0.4) is 0 Å². The van der Waals surface area contributed by atoms with Gasteiger partial charge in [-0.05, 0) is 25.3 Å². The van der Waals surface area contributed by atoms with Crippen LogP contribution < -0.4 is 0 Å². The molecule has 2 aromatic rings. The summed E-state index contributed by atoms with van der Waals surface area (Å²) in [5, 5.41) is 0. The summed E-state index contributed by atoms with van der Waals surface area (Å²) in [4.78, 5) is 26.9. The van der Waals surface area contributed by atoms with Gasteiger partial charge in [-0.2, -0.15) is 0 Å². The minimum atomic E-state index is -1.41. The van der Waals surface area contributed by atoms with Crippen LogP contribution in [0.1, 0.15) is 56.2 Å². The highest BCUT2D eigenvalue weighted by Gasteiger charge is 2.54. The summed E-state index contributed by atoms with van der Waals surface area (Å²) in [6.07, 6.45) is 2.76. The highest BCUT2D eigenvalue weighted by atomic mass is 16.5. The number of methoxy groups -OCH3 is 3. The van der Waals surface area contributed by atoms with Crippen molar-refractivity contribution in [1.29, 1.82) is 0 Å². The lowest BCUT2D eigenvalue weighted by atomic mass is 9.76. The van der Waals surface area contributed by atoms with Gasteiger partial charge in [-0.3, -0.25) is 0 Å². The number of hydrogen-bond acceptors (Lipinski definition) is 6. The van der Waals surface area contributed by atoms with Gasteiger partial charge in [0.25, 0.3) is 0 Å². The number of fused-ring (bicyclic) bond motifs is 5. The van der Waals surface area contributed by atoms with Crippen molar-refractivity contribution in [2.45, 2.75) is 45.1 Å². The van der Waals surface area contributed by atoms with Crippen molar-refractivity contribution in [2.75, 3.05) is 21.3 Å². The van der Waals surface area contributed by atoms with Crippen molar-refractivity contribution >= 4 is 17.7 Å². The number of unbranched alkanes of at least 4 members (excludes halogenated alkanes) is 1. The summed E-state index contributed by atoms with van der Waals surface area (Å²) in [5.41, 5.74) is 2.91. The Morgan fingerprint density at radius 2 is 1.61 bits per heavy atom. The van der Waals surface area contributed by atoms with E-state index >= 15 is 0 Å². The smallest absolute Gasteiger partial charge is 0.339 e. The topological polar surface area (TPSA) is 71.1 Å². The lowest BCUT2D eigenvalue weighted by Crippen LogP contribution is -2.36. The highest BCUT2D eigenvalue weighted by Crippen LogP contribution is 2.55. The maximum Gasteiger partial charge on any atom is 0.339 e. The lowest BCUT2D eigenvalue weighted by molar-refractivity contribution is -0.141. The summed E-state index contributed by atoms with van der Waals surface area (Å²) in [6.45, 7) is 4.04. The quantitative estimate of drug-likeness (QED) is 0.457. The van der Waals surface area contributed by atoms with Crippen LogP contribution in [0.4, 0.5) is 0 Å². The zero-order valence-corrected chi connectivity index (χ0v) is 21.5. The van der Waals surface area contributed by atoms with Gasteiger partial charge < -0.3 is 18.9 Å². The third-order valence-corrected chi connectivity index (χ3v) is 6.82. The molecule has 1 atom stereocenters. The summed E-state index contributed by atoms with van der Waals surface area (Å²) in [7, 11) is 4.24. The van der Waals surface area contributed by atoms with Crippen molar-refractivity contribution in [2.24, 2.45) is 0 Å². The SMILES string of the molecule is CCCCC1=C2/OC(c3ccccc3)(/C(C(=O)OC)=C(/C(=O)OC)C/C(C)=C\1OC)c1ccccc12. The molecule has 2 bridgehead atoms. The Morgan fingerprint density at radius 1 is 0.944 bits per heavy atom. The monoisotopic (exact) mass is 488 g/mol. The molecule has 0 saturated carbocycles. The number of carbonyl (C=O) groups excluding carboxylic acids is 2. The number of benzene rings is 2. The fourth-order valence-corrected chi connectivity index (χ4v) is 5.24. The van der Waals surface area contributed by atoms with Gasteiger partial charge in [0.15, 0.2) is 5.60 Å². The molecule has 0 amide bonds. The van der Waals surface area contributed by atoms with E-state index in [0.717, 1.165) is 35.1 Å². The Hall–Kier alpha value is -3.80. The first-order valence-electron chi connectivity index (χ1n) is 12.2. The van der Waals surface area contributed by atoms with E-state index in [4.69, 9.17) is 18.9 Å². The molecule has 4 rings (SSSR count). The van der Waals surface area contributed by atoms with E-state index < -0.39 is 17.5 Å². The van der Waals surface area contributed by atoms with Gasteiger partial charge in [-0.25, -0.2) is 9.59 Å². The standard InChI is InChI=1S/C30H32O6/c1-6-7-15-22-26(33-3)19(2)18-23(28(31)34-4)25(29(32)35-5)30(20-13-9-8-10-14-20)24-17-12-11-16-21(24)27(22)36-30/h8-14,16-17H,6-7,15,18H2,1-5H3/b25-23+,26-19+,27-22-. The number of rotatable bonds is 7. The number of allylic oxidation sites excluding steroid dienone is 2. The molecule has 0 aromatic heterocycles. The van der Waals surface area contributed by atoms with Gasteiger partial charge in [0.2, 0.25) is 0 Å². The fraction of sp³-hybridized carbons (Fsp3) is 0.333. The van der Waals surface area contributed by atoms with Crippen LogP contribution in [-0.4, -0.2) is 33.3 Å². The highest BCUT2D eigenvalue weighted by molar-refractivity contribution is 6.04. The van der Waals surface area contributed by atoms with Crippen molar-refractivity contribution in [1.82, 2.24) is 0 Å². The van der Waals surface area contributed by atoms with E-state index in [0.29, 0.717) is 23.5 Å². The van der Waals surface area contributed by atoms with Crippen molar-refractivity contribution < 1.29 is 28.5 Å². The number of hydrogen-bond donors (Lipinski definition) is 0. The molecule has 0 radical (unpaired) electrons. The summed E-state index contributed by atoms with van der Waals surface area (Å²) in [6, 6.07) is 17.3. The van der Waals surface area contributed by atoms with Crippen LogP contribution in [0.2, 0.25) is 0 Å². The van der Waals surface area contributed by atoms with Gasteiger partial charge in [-0.15, -0.1) is 0 Å². The number of esters is 2. The van der Waals surface area contributed by atoms with Gasteiger partial charge in [-0.1, -0.05) is 67.9 Å². The van der Waals surface area contributed by atoms with E-state index in [1.807, 2.05) is 61.5 Å². The van der Waals surface area contributed by atoms with Gasteiger partial charge in [0, 0.05) is 28.7 Å². The molecule has 2 heterocycles. The molecule has 0 fully saturated rings. The van der Waals surface area contributed by atoms with Gasteiger partial charge in [0.05, 0.1) is 26.9 Å². The minimum Gasteiger partial charge on any atom is -0.496 e. The van der Waals surface area contributed by atoms with Crippen molar-refractivity contribution in [3.63, 3.8) is 0 Å². The van der Waals surface area contributed by atoms with Crippen LogP contribution in [0.5, 0.6) is 0 Å². The molecule has 188 valence electrons. The molecular weight excluding hydrogens is 456 g/mol. The molecule has 6 heteroatoms. The largest absolute Gasteiger partial charge is 0.496 e. The molecule has 2 aromatic carbocycles. The zero-order chi connectivity index (χ0) is 25.9. The maximum atomic E-state index is 13.6. The molecule has 0 saturated heterocycles. The van der Waals surface area contributed by atoms with Gasteiger partial charge in [0.1, 0.15) is 17.1 Å². The summed E-state index contributed by atoms with van der Waals surface area (Å²) < 4.78 is 23.4. The van der Waals surface area contributed by atoms with E-state index in [1.165, 1.54) is 14.2 Å². The van der Waals surface area contributed by atoms with Crippen LogP contribution in [0.25, 0.3) is 5.76 Å².